The minimum absolute atomic E-state index is 0.260. The van der Waals surface area contributed by atoms with Crippen molar-refractivity contribution < 1.29 is 9.90 Å². The Kier molecular flexibility index (Phi) is 5.34. The quantitative estimate of drug-likeness (QED) is 0.841. The van der Waals surface area contributed by atoms with Crippen LogP contribution in [-0.4, -0.2) is 52.5 Å². The molecule has 1 saturated heterocycles. The van der Waals surface area contributed by atoms with Crippen LogP contribution >= 0.6 is 0 Å². The van der Waals surface area contributed by atoms with Crippen LogP contribution in [0.3, 0.4) is 0 Å². The molecule has 2 unspecified atom stereocenters. The number of benzene rings is 1. The average Bonchev–Trinajstić information content (AvgIpc) is 3.31. The van der Waals surface area contributed by atoms with E-state index < -0.39 is 6.10 Å². The normalized spacial score (nSPS) is 23.0. The summed E-state index contributed by atoms with van der Waals surface area (Å²) in [5.74, 6) is 0.260. The average molecular weight is 316 g/mol. The predicted octanol–water partition coefficient (Wildman–Crippen LogP) is 2.59. The van der Waals surface area contributed by atoms with Crippen molar-refractivity contribution in [1.82, 2.24) is 9.80 Å². The molecule has 1 saturated carbocycles. The van der Waals surface area contributed by atoms with Gasteiger partial charge >= 0.3 is 0 Å². The summed E-state index contributed by atoms with van der Waals surface area (Å²) in [7, 11) is 0. The molecule has 1 aliphatic carbocycles. The molecular weight excluding hydrogens is 288 g/mol. The number of amides is 1. The van der Waals surface area contributed by atoms with Crippen molar-refractivity contribution >= 4 is 5.91 Å². The SMILES string of the molecule is CCN(C(=O)CN1CCCC1CC(O)c1ccccc1)C1CC1. The van der Waals surface area contributed by atoms with E-state index in [0.29, 0.717) is 25.0 Å². The molecule has 1 heterocycles. The van der Waals surface area contributed by atoms with E-state index in [1.165, 1.54) is 0 Å². The highest BCUT2D eigenvalue weighted by Gasteiger charge is 2.34. The molecule has 1 aromatic carbocycles. The lowest BCUT2D eigenvalue weighted by atomic mass is 10.0. The van der Waals surface area contributed by atoms with Gasteiger partial charge in [-0.05, 0) is 51.1 Å². The Morgan fingerprint density at radius 1 is 1.30 bits per heavy atom. The molecule has 4 nitrogen and oxygen atoms in total. The highest BCUT2D eigenvalue weighted by Crippen LogP contribution is 2.29. The van der Waals surface area contributed by atoms with E-state index in [4.69, 9.17) is 0 Å². The summed E-state index contributed by atoms with van der Waals surface area (Å²) < 4.78 is 0. The number of carbonyl (C=O) groups is 1. The highest BCUT2D eigenvalue weighted by atomic mass is 16.3. The number of nitrogens with zero attached hydrogens (tertiary/aromatic N) is 2. The third-order valence-electron chi connectivity index (χ3n) is 5.17. The molecule has 1 aromatic rings. The number of carbonyl (C=O) groups excluding carboxylic acids is 1. The lowest BCUT2D eigenvalue weighted by molar-refractivity contribution is -0.133. The van der Waals surface area contributed by atoms with Gasteiger partial charge < -0.3 is 10.0 Å². The van der Waals surface area contributed by atoms with Crippen LogP contribution in [0, 0.1) is 0 Å². The van der Waals surface area contributed by atoms with Gasteiger partial charge in [0.2, 0.25) is 5.91 Å². The number of aliphatic hydroxyl groups excluding tert-OH is 1. The van der Waals surface area contributed by atoms with E-state index in [0.717, 1.165) is 44.3 Å². The number of hydrogen-bond donors (Lipinski definition) is 1. The van der Waals surface area contributed by atoms with E-state index in [-0.39, 0.29) is 5.91 Å². The molecule has 2 aliphatic rings. The molecule has 1 N–H and O–H groups in total. The third-order valence-corrected chi connectivity index (χ3v) is 5.17. The third kappa shape index (κ3) is 4.12. The summed E-state index contributed by atoms with van der Waals surface area (Å²) in [5.41, 5.74) is 0.971. The van der Waals surface area contributed by atoms with Crippen LogP contribution in [0.2, 0.25) is 0 Å². The van der Waals surface area contributed by atoms with Gasteiger partial charge in [-0.25, -0.2) is 0 Å². The van der Waals surface area contributed by atoms with Crippen LogP contribution in [0.1, 0.15) is 50.7 Å². The van der Waals surface area contributed by atoms with Gasteiger partial charge in [0, 0.05) is 18.6 Å². The molecule has 126 valence electrons. The highest BCUT2D eigenvalue weighted by molar-refractivity contribution is 5.79. The maximum absolute atomic E-state index is 12.5. The van der Waals surface area contributed by atoms with Gasteiger partial charge in [-0.1, -0.05) is 30.3 Å². The standard InChI is InChI=1S/C19H28N2O2/c1-2-21(16-10-11-16)19(23)14-20-12-6-9-17(20)13-18(22)15-7-4-3-5-8-15/h3-5,7-8,16-18,22H,2,6,9-14H2,1H3. The molecule has 0 bridgehead atoms. The van der Waals surface area contributed by atoms with Crippen molar-refractivity contribution in [1.29, 1.82) is 0 Å². The number of hydrogen-bond acceptors (Lipinski definition) is 3. The molecule has 0 radical (unpaired) electrons. The van der Waals surface area contributed by atoms with E-state index in [1.807, 2.05) is 35.2 Å². The van der Waals surface area contributed by atoms with Gasteiger partial charge in [-0.2, -0.15) is 0 Å². The molecule has 0 spiro atoms. The van der Waals surface area contributed by atoms with Crippen LogP contribution in [-0.2, 0) is 4.79 Å². The first kappa shape index (κ1) is 16.5. The fourth-order valence-electron chi connectivity index (χ4n) is 3.73. The van der Waals surface area contributed by atoms with Crippen molar-refractivity contribution in [2.75, 3.05) is 19.6 Å². The fourth-order valence-corrected chi connectivity index (χ4v) is 3.73. The van der Waals surface area contributed by atoms with Crippen LogP contribution < -0.4 is 0 Å². The van der Waals surface area contributed by atoms with E-state index >= 15 is 0 Å². The van der Waals surface area contributed by atoms with E-state index in [1.54, 1.807) is 0 Å². The van der Waals surface area contributed by atoms with Crippen molar-refractivity contribution in [2.24, 2.45) is 0 Å². The predicted molar refractivity (Wildman–Crippen MR) is 91.0 cm³/mol. The summed E-state index contributed by atoms with van der Waals surface area (Å²) in [4.78, 5) is 16.8. The zero-order chi connectivity index (χ0) is 16.2. The van der Waals surface area contributed by atoms with Gasteiger partial charge in [-0.15, -0.1) is 0 Å². The minimum atomic E-state index is -0.442. The summed E-state index contributed by atoms with van der Waals surface area (Å²) in [6, 6.07) is 10.6. The number of likely N-dealkylation sites (tertiary alicyclic amines) is 1. The first-order chi connectivity index (χ1) is 11.2. The largest absolute Gasteiger partial charge is 0.388 e. The van der Waals surface area contributed by atoms with Gasteiger partial charge in [0.05, 0.1) is 12.6 Å². The lowest BCUT2D eigenvalue weighted by Gasteiger charge is -2.29. The minimum Gasteiger partial charge on any atom is -0.388 e. The van der Waals surface area contributed by atoms with Crippen molar-refractivity contribution in [3.8, 4) is 0 Å². The van der Waals surface area contributed by atoms with Crippen molar-refractivity contribution in [3.63, 3.8) is 0 Å². The molecule has 1 aliphatic heterocycles. The summed E-state index contributed by atoms with van der Waals surface area (Å²) in [6.07, 6.45) is 4.79. The van der Waals surface area contributed by atoms with E-state index in [9.17, 15) is 9.90 Å². The monoisotopic (exact) mass is 316 g/mol. The Hall–Kier alpha value is -1.39. The summed E-state index contributed by atoms with van der Waals surface area (Å²) in [6.45, 7) is 4.36. The van der Waals surface area contributed by atoms with Crippen molar-refractivity contribution in [2.45, 2.75) is 57.2 Å². The first-order valence-electron chi connectivity index (χ1n) is 8.95. The Morgan fingerprint density at radius 3 is 2.70 bits per heavy atom. The molecule has 23 heavy (non-hydrogen) atoms. The molecule has 3 rings (SSSR count). The van der Waals surface area contributed by atoms with Crippen LogP contribution in [0.4, 0.5) is 0 Å². The molecule has 2 fully saturated rings. The Labute approximate surface area is 139 Å². The fraction of sp³-hybridized carbons (Fsp3) is 0.632. The topological polar surface area (TPSA) is 43.8 Å². The zero-order valence-corrected chi connectivity index (χ0v) is 14.0. The van der Waals surface area contributed by atoms with Gasteiger partial charge in [0.1, 0.15) is 0 Å². The van der Waals surface area contributed by atoms with Crippen LogP contribution in [0.25, 0.3) is 0 Å². The van der Waals surface area contributed by atoms with Crippen LogP contribution in [0.5, 0.6) is 0 Å². The second-order valence-electron chi connectivity index (χ2n) is 6.84. The second kappa shape index (κ2) is 7.45. The molecule has 1 amide bonds. The molecule has 2 atom stereocenters. The van der Waals surface area contributed by atoms with Gasteiger partial charge in [-0.3, -0.25) is 9.69 Å². The first-order valence-corrected chi connectivity index (χ1v) is 8.95. The Bertz CT molecular complexity index is 515. The van der Waals surface area contributed by atoms with Crippen LogP contribution in [0.15, 0.2) is 30.3 Å². The van der Waals surface area contributed by atoms with Gasteiger partial charge in [0.25, 0.3) is 0 Å². The smallest absolute Gasteiger partial charge is 0.236 e. The zero-order valence-electron chi connectivity index (χ0n) is 14.0. The molecular formula is C19H28N2O2. The second-order valence-corrected chi connectivity index (χ2v) is 6.84. The Morgan fingerprint density at radius 2 is 2.04 bits per heavy atom. The lowest BCUT2D eigenvalue weighted by Crippen LogP contribution is -2.43. The number of rotatable bonds is 7. The summed E-state index contributed by atoms with van der Waals surface area (Å²) >= 11 is 0. The maximum atomic E-state index is 12.5. The molecule has 0 aromatic heterocycles. The number of likely N-dealkylation sites (N-methyl/N-ethyl adjacent to an activating group) is 1. The van der Waals surface area contributed by atoms with E-state index in [2.05, 4.69) is 11.8 Å². The Balaban J connectivity index is 1.56. The number of aliphatic hydroxyl groups is 1. The van der Waals surface area contributed by atoms with Crippen molar-refractivity contribution in [3.05, 3.63) is 35.9 Å². The molecule has 4 heteroatoms. The van der Waals surface area contributed by atoms with Gasteiger partial charge in [0.15, 0.2) is 0 Å². The summed E-state index contributed by atoms with van der Waals surface area (Å²) in [5, 5.41) is 10.5. The maximum Gasteiger partial charge on any atom is 0.236 e.